The maximum Gasteiger partial charge on any atom is 0.130 e. The number of aromatic nitrogens is 2. The molecule has 0 spiro atoms. The van der Waals surface area contributed by atoms with Gasteiger partial charge in [0.2, 0.25) is 0 Å². The van der Waals surface area contributed by atoms with Crippen molar-refractivity contribution in [1.82, 2.24) is 9.97 Å². The van der Waals surface area contributed by atoms with Crippen molar-refractivity contribution >= 4 is 17.4 Å². The lowest BCUT2D eigenvalue weighted by Crippen LogP contribution is -2.42. The molecule has 1 saturated carbocycles. The molecule has 0 amide bonds. The summed E-state index contributed by atoms with van der Waals surface area (Å²) in [5.41, 5.74) is 1.11. The van der Waals surface area contributed by atoms with Crippen molar-refractivity contribution in [2.45, 2.75) is 51.0 Å². The van der Waals surface area contributed by atoms with E-state index in [4.69, 9.17) is 11.6 Å². The number of nitrogens with zero attached hydrogens (tertiary/aromatic N) is 2. The van der Waals surface area contributed by atoms with Crippen molar-refractivity contribution in [3.05, 3.63) is 18.1 Å². The molecule has 0 aliphatic heterocycles. The van der Waals surface area contributed by atoms with Gasteiger partial charge >= 0.3 is 0 Å². The Morgan fingerprint density at radius 1 is 1.29 bits per heavy atom. The molecule has 1 aliphatic carbocycles. The summed E-state index contributed by atoms with van der Waals surface area (Å²) in [5.74, 6) is 1.57. The zero-order chi connectivity index (χ0) is 12.1. The third kappa shape index (κ3) is 3.09. The van der Waals surface area contributed by atoms with Crippen LogP contribution in [-0.2, 0) is 6.42 Å². The van der Waals surface area contributed by atoms with Crippen LogP contribution in [0.4, 0.5) is 5.82 Å². The Kier molecular flexibility index (Phi) is 4.21. The summed E-state index contributed by atoms with van der Waals surface area (Å²) < 4.78 is 0. The van der Waals surface area contributed by atoms with Crippen LogP contribution in [-0.4, -0.2) is 21.4 Å². The van der Waals surface area contributed by atoms with Crippen LogP contribution in [0, 0.1) is 0 Å². The number of nitrogens with one attached hydrogen (secondary N) is 1. The fourth-order valence-corrected chi connectivity index (χ4v) is 2.79. The van der Waals surface area contributed by atoms with Crippen molar-refractivity contribution in [3.63, 3.8) is 0 Å². The number of hydrogen-bond acceptors (Lipinski definition) is 3. The van der Waals surface area contributed by atoms with Crippen LogP contribution in [0.1, 0.15) is 44.7 Å². The molecule has 3 nitrogen and oxygen atoms in total. The van der Waals surface area contributed by atoms with Crippen molar-refractivity contribution < 1.29 is 0 Å². The van der Waals surface area contributed by atoms with Crippen LogP contribution in [0.2, 0.25) is 0 Å². The van der Waals surface area contributed by atoms with Gasteiger partial charge in [-0.1, -0.05) is 26.2 Å². The fourth-order valence-electron chi connectivity index (χ4n) is 2.45. The predicted molar refractivity (Wildman–Crippen MR) is 71.6 cm³/mol. The lowest BCUT2D eigenvalue weighted by molar-refractivity contribution is 0.352. The first-order valence-electron chi connectivity index (χ1n) is 6.43. The number of halogens is 1. The van der Waals surface area contributed by atoms with Gasteiger partial charge in [-0.2, -0.15) is 0 Å². The summed E-state index contributed by atoms with van der Waals surface area (Å²) in [6.07, 6.45) is 8.68. The van der Waals surface area contributed by atoms with Gasteiger partial charge in [0.1, 0.15) is 12.1 Å². The van der Waals surface area contributed by atoms with Crippen LogP contribution in [0.3, 0.4) is 0 Å². The second-order valence-electron chi connectivity index (χ2n) is 4.85. The molecule has 0 aromatic carbocycles. The summed E-state index contributed by atoms with van der Waals surface area (Å²) in [4.78, 5) is 8.51. The van der Waals surface area contributed by atoms with Gasteiger partial charge in [0.15, 0.2) is 0 Å². The second kappa shape index (κ2) is 5.67. The highest BCUT2D eigenvalue weighted by molar-refractivity contribution is 6.18. The van der Waals surface area contributed by atoms with Gasteiger partial charge in [0.05, 0.1) is 5.54 Å². The van der Waals surface area contributed by atoms with Crippen LogP contribution in [0.25, 0.3) is 0 Å². The standard InChI is InChI=1S/C13H20ClN3/c1-2-11-8-12(16-10-15-11)17-13(9-14)6-4-3-5-7-13/h8,10H,2-7,9H2,1H3,(H,15,16,17). The van der Waals surface area contributed by atoms with Gasteiger partial charge in [-0.3, -0.25) is 0 Å². The van der Waals surface area contributed by atoms with Crippen molar-refractivity contribution in [1.29, 1.82) is 0 Å². The van der Waals surface area contributed by atoms with Crippen molar-refractivity contribution in [2.75, 3.05) is 11.2 Å². The zero-order valence-corrected chi connectivity index (χ0v) is 11.1. The summed E-state index contributed by atoms with van der Waals surface area (Å²) >= 11 is 6.15. The average molecular weight is 254 g/mol. The quantitative estimate of drug-likeness (QED) is 0.836. The normalized spacial score (nSPS) is 18.9. The molecule has 1 aromatic rings. The smallest absolute Gasteiger partial charge is 0.130 e. The highest BCUT2D eigenvalue weighted by Gasteiger charge is 2.31. The van der Waals surface area contributed by atoms with E-state index in [-0.39, 0.29) is 5.54 Å². The van der Waals surface area contributed by atoms with Crippen LogP contribution in [0.15, 0.2) is 12.4 Å². The Labute approximate surface area is 108 Å². The molecule has 4 heteroatoms. The SMILES string of the molecule is CCc1cc(NC2(CCl)CCCCC2)ncn1. The van der Waals surface area contributed by atoms with Crippen LogP contribution < -0.4 is 5.32 Å². The minimum Gasteiger partial charge on any atom is -0.363 e. The first kappa shape index (κ1) is 12.6. The maximum absolute atomic E-state index is 6.15. The highest BCUT2D eigenvalue weighted by atomic mass is 35.5. The molecule has 1 N–H and O–H groups in total. The summed E-state index contributed by atoms with van der Waals surface area (Å²) in [5, 5.41) is 3.54. The number of rotatable bonds is 4. The summed E-state index contributed by atoms with van der Waals surface area (Å²) in [6, 6.07) is 2.03. The maximum atomic E-state index is 6.15. The van der Waals surface area contributed by atoms with Crippen LogP contribution in [0.5, 0.6) is 0 Å². The van der Waals surface area contributed by atoms with Crippen LogP contribution >= 0.6 is 11.6 Å². The van der Waals surface area contributed by atoms with Crippen molar-refractivity contribution in [3.8, 4) is 0 Å². The van der Waals surface area contributed by atoms with E-state index in [2.05, 4.69) is 22.2 Å². The third-order valence-electron chi connectivity index (χ3n) is 3.55. The zero-order valence-electron chi connectivity index (χ0n) is 10.4. The first-order valence-corrected chi connectivity index (χ1v) is 6.96. The van der Waals surface area contributed by atoms with Gasteiger partial charge in [-0.25, -0.2) is 9.97 Å². The Morgan fingerprint density at radius 2 is 2.06 bits per heavy atom. The van der Waals surface area contributed by atoms with E-state index >= 15 is 0 Å². The molecule has 1 aliphatic rings. The number of alkyl halides is 1. The fraction of sp³-hybridized carbons (Fsp3) is 0.692. The molecule has 0 atom stereocenters. The van der Waals surface area contributed by atoms with E-state index in [9.17, 15) is 0 Å². The van der Waals surface area contributed by atoms with E-state index < -0.39 is 0 Å². The molecule has 1 aromatic heterocycles. The molecule has 94 valence electrons. The average Bonchev–Trinajstić information content (AvgIpc) is 2.40. The summed E-state index contributed by atoms with van der Waals surface area (Å²) in [6.45, 7) is 2.10. The van der Waals surface area contributed by atoms with Crippen molar-refractivity contribution in [2.24, 2.45) is 0 Å². The number of aryl methyl sites for hydroxylation is 1. The molecule has 0 saturated heterocycles. The van der Waals surface area contributed by atoms with E-state index in [0.29, 0.717) is 5.88 Å². The molecule has 1 fully saturated rings. The van der Waals surface area contributed by atoms with E-state index in [1.807, 2.05) is 6.07 Å². The van der Waals surface area contributed by atoms with E-state index in [0.717, 1.165) is 30.8 Å². The monoisotopic (exact) mass is 253 g/mol. The van der Waals surface area contributed by atoms with Gasteiger partial charge in [0, 0.05) is 17.6 Å². The minimum atomic E-state index is 0.0408. The molecule has 17 heavy (non-hydrogen) atoms. The minimum absolute atomic E-state index is 0.0408. The lowest BCUT2D eigenvalue weighted by atomic mass is 9.83. The van der Waals surface area contributed by atoms with E-state index in [1.165, 1.54) is 19.3 Å². The third-order valence-corrected chi connectivity index (χ3v) is 4.06. The largest absolute Gasteiger partial charge is 0.363 e. The molecule has 2 rings (SSSR count). The van der Waals surface area contributed by atoms with Gasteiger partial charge in [-0.05, 0) is 19.3 Å². The predicted octanol–water partition coefficient (Wildman–Crippen LogP) is 3.39. The van der Waals surface area contributed by atoms with Gasteiger partial charge in [0.25, 0.3) is 0 Å². The van der Waals surface area contributed by atoms with E-state index in [1.54, 1.807) is 6.33 Å². The number of anilines is 1. The molecule has 0 radical (unpaired) electrons. The molecular weight excluding hydrogens is 234 g/mol. The molecular formula is C13H20ClN3. The Bertz CT molecular complexity index is 361. The topological polar surface area (TPSA) is 37.8 Å². The molecule has 0 bridgehead atoms. The van der Waals surface area contributed by atoms with Gasteiger partial charge < -0.3 is 5.32 Å². The molecule has 0 unspecified atom stereocenters. The Hall–Kier alpha value is -0.830. The number of hydrogen-bond donors (Lipinski definition) is 1. The Balaban J connectivity index is 2.11. The second-order valence-corrected chi connectivity index (χ2v) is 5.12. The highest BCUT2D eigenvalue weighted by Crippen LogP contribution is 2.32. The van der Waals surface area contributed by atoms with Gasteiger partial charge in [-0.15, -0.1) is 11.6 Å². The molecule has 1 heterocycles. The first-order chi connectivity index (χ1) is 8.28. The summed E-state index contributed by atoms with van der Waals surface area (Å²) in [7, 11) is 0. The Morgan fingerprint density at radius 3 is 2.71 bits per heavy atom. The lowest BCUT2D eigenvalue weighted by Gasteiger charge is -2.36.